The molecule has 2 aliphatic rings. The van der Waals surface area contributed by atoms with Crippen LogP contribution in [0.3, 0.4) is 0 Å². The quantitative estimate of drug-likeness (QED) is 0.908. The van der Waals surface area contributed by atoms with Crippen molar-refractivity contribution < 1.29 is 9.47 Å². The molecule has 0 saturated carbocycles. The van der Waals surface area contributed by atoms with Crippen molar-refractivity contribution in [3.63, 3.8) is 0 Å². The third-order valence-electron chi connectivity index (χ3n) is 4.40. The molecule has 2 saturated heterocycles. The number of rotatable bonds is 4. The molecule has 3 atom stereocenters. The van der Waals surface area contributed by atoms with Crippen molar-refractivity contribution >= 4 is 0 Å². The van der Waals surface area contributed by atoms with Gasteiger partial charge in [-0.1, -0.05) is 6.92 Å². The summed E-state index contributed by atoms with van der Waals surface area (Å²) >= 11 is 0. The van der Waals surface area contributed by atoms with E-state index in [-0.39, 0.29) is 11.6 Å². The van der Waals surface area contributed by atoms with E-state index in [1.807, 2.05) is 6.20 Å². The molecular formula is C15H23N3O2. The Bertz CT molecular complexity index is 420. The maximum absolute atomic E-state index is 6.03. The lowest BCUT2D eigenvalue weighted by atomic mass is 9.80. The van der Waals surface area contributed by atoms with Crippen LogP contribution in [-0.2, 0) is 9.47 Å². The average Bonchev–Trinajstić information content (AvgIpc) is 2.93. The monoisotopic (exact) mass is 277 g/mol. The summed E-state index contributed by atoms with van der Waals surface area (Å²) in [7, 11) is 0. The molecule has 5 heteroatoms. The van der Waals surface area contributed by atoms with E-state index < -0.39 is 0 Å². The third-order valence-corrected chi connectivity index (χ3v) is 4.40. The molecule has 1 aromatic rings. The van der Waals surface area contributed by atoms with Gasteiger partial charge in [0, 0.05) is 38.2 Å². The highest BCUT2D eigenvalue weighted by Crippen LogP contribution is 2.40. The largest absolute Gasteiger partial charge is 0.378 e. The minimum absolute atomic E-state index is 0.0567. The highest BCUT2D eigenvalue weighted by atomic mass is 16.6. The van der Waals surface area contributed by atoms with E-state index in [2.05, 4.69) is 22.2 Å². The van der Waals surface area contributed by atoms with Crippen LogP contribution in [0, 0.1) is 5.92 Å². The second-order valence-corrected chi connectivity index (χ2v) is 5.75. The molecule has 110 valence electrons. The van der Waals surface area contributed by atoms with E-state index >= 15 is 0 Å². The molecular weight excluding hydrogens is 254 g/mol. The second-order valence-electron chi connectivity index (χ2n) is 5.75. The van der Waals surface area contributed by atoms with Crippen molar-refractivity contribution in [1.29, 1.82) is 0 Å². The van der Waals surface area contributed by atoms with Gasteiger partial charge in [-0.2, -0.15) is 0 Å². The van der Waals surface area contributed by atoms with Crippen LogP contribution < -0.4 is 5.32 Å². The lowest BCUT2D eigenvalue weighted by Crippen LogP contribution is -2.44. The molecule has 5 nitrogen and oxygen atoms in total. The molecule has 2 aliphatic heterocycles. The van der Waals surface area contributed by atoms with Gasteiger partial charge in [0.05, 0.1) is 23.9 Å². The fourth-order valence-corrected chi connectivity index (χ4v) is 3.42. The topological polar surface area (TPSA) is 56.3 Å². The molecule has 20 heavy (non-hydrogen) atoms. The zero-order valence-corrected chi connectivity index (χ0v) is 12.0. The minimum atomic E-state index is -0.0567. The Hall–Kier alpha value is -1.04. The molecule has 1 N–H and O–H groups in total. The summed E-state index contributed by atoms with van der Waals surface area (Å²) in [4.78, 5) is 8.70. The standard InChI is InChI=1S/C15H23N3O2/c1-2-17-14(13-10-16-5-6-18-13)12-3-7-20-15(9-12)4-8-19-11-15/h5-6,10,12,14,17H,2-4,7-9,11H2,1H3. The molecule has 1 aromatic heterocycles. The summed E-state index contributed by atoms with van der Waals surface area (Å²) in [6.07, 6.45) is 8.50. The molecule has 0 amide bonds. The Labute approximate surface area is 120 Å². The highest BCUT2D eigenvalue weighted by molar-refractivity contribution is 5.06. The second kappa shape index (κ2) is 6.16. The molecule has 2 fully saturated rings. The number of nitrogens with zero attached hydrogens (tertiary/aromatic N) is 2. The van der Waals surface area contributed by atoms with Crippen LogP contribution >= 0.6 is 0 Å². The van der Waals surface area contributed by atoms with Gasteiger partial charge in [-0.05, 0) is 25.3 Å². The molecule has 3 unspecified atom stereocenters. The maximum Gasteiger partial charge on any atom is 0.0940 e. The fraction of sp³-hybridized carbons (Fsp3) is 0.733. The van der Waals surface area contributed by atoms with Gasteiger partial charge >= 0.3 is 0 Å². The van der Waals surface area contributed by atoms with Crippen LogP contribution in [0.4, 0.5) is 0 Å². The van der Waals surface area contributed by atoms with Crippen molar-refractivity contribution in [3.8, 4) is 0 Å². The predicted octanol–water partition coefficient (Wildman–Crippen LogP) is 1.71. The zero-order chi connectivity index (χ0) is 13.8. The first-order chi connectivity index (χ1) is 9.83. The van der Waals surface area contributed by atoms with Crippen LogP contribution in [0.2, 0.25) is 0 Å². The van der Waals surface area contributed by atoms with Crippen LogP contribution in [-0.4, -0.2) is 41.9 Å². The normalized spacial score (nSPS) is 31.6. The summed E-state index contributed by atoms with van der Waals surface area (Å²) in [5.74, 6) is 0.530. The van der Waals surface area contributed by atoms with Gasteiger partial charge in [-0.3, -0.25) is 9.97 Å². The van der Waals surface area contributed by atoms with E-state index in [1.54, 1.807) is 12.4 Å². The summed E-state index contributed by atoms with van der Waals surface area (Å²) < 4.78 is 11.6. The van der Waals surface area contributed by atoms with E-state index in [0.29, 0.717) is 5.92 Å². The zero-order valence-electron chi connectivity index (χ0n) is 12.0. The Balaban J connectivity index is 1.77. The SMILES string of the molecule is CCNC(c1cnccn1)C1CCOC2(CCOC2)C1. The maximum atomic E-state index is 6.03. The van der Waals surface area contributed by atoms with E-state index in [1.165, 1.54) is 0 Å². The van der Waals surface area contributed by atoms with Gasteiger partial charge in [0.1, 0.15) is 0 Å². The molecule has 1 spiro atoms. The lowest BCUT2D eigenvalue weighted by Gasteiger charge is -2.40. The van der Waals surface area contributed by atoms with Crippen molar-refractivity contribution in [1.82, 2.24) is 15.3 Å². The first-order valence-corrected chi connectivity index (χ1v) is 7.54. The summed E-state index contributed by atoms with van der Waals surface area (Å²) in [5, 5.41) is 3.58. The Morgan fingerprint density at radius 2 is 2.40 bits per heavy atom. The van der Waals surface area contributed by atoms with Crippen molar-refractivity contribution in [2.75, 3.05) is 26.4 Å². The van der Waals surface area contributed by atoms with Crippen LogP contribution in [0.25, 0.3) is 0 Å². The van der Waals surface area contributed by atoms with Crippen LogP contribution in [0.15, 0.2) is 18.6 Å². The molecule has 3 heterocycles. The van der Waals surface area contributed by atoms with Gasteiger partial charge < -0.3 is 14.8 Å². The molecule has 0 radical (unpaired) electrons. The predicted molar refractivity (Wildman–Crippen MR) is 75.3 cm³/mol. The van der Waals surface area contributed by atoms with Gasteiger partial charge in [-0.15, -0.1) is 0 Å². The number of hydrogen-bond acceptors (Lipinski definition) is 5. The summed E-state index contributed by atoms with van der Waals surface area (Å²) in [5.41, 5.74) is 0.981. The Morgan fingerprint density at radius 3 is 3.10 bits per heavy atom. The van der Waals surface area contributed by atoms with Crippen molar-refractivity contribution in [3.05, 3.63) is 24.3 Å². The van der Waals surface area contributed by atoms with E-state index in [4.69, 9.17) is 9.47 Å². The average molecular weight is 277 g/mol. The molecule has 0 bridgehead atoms. The highest BCUT2D eigenvalue weighted by Gasteiger charge is 2.43. The molecule has 3 rings (SSSR count). The number of nitrogens with one attached hydrogen (secondary N) is 1. The third kappa shape index (κ3) is 2.85. The van der Waals surface area contributed by atoms with Crippen molar-refractivity contribution in [2.45, 2.75) is 37.8 Å². The summed E-state index contributed by atoms with van der Waals surface area (Å²) in [6, 6.07) is 0.259. The smallest absolute Gasteiger partial charge is 0.0940 e. The fourth-order valence-electron chi connectivity index (χ4n) is 3.42. The number of aromatic nitrogens is 2. The molecule has 0 aliphatic carbocycles. The first kappa shape index (κ1) is 13.9. The summed E-state index contributed by atoms with van der Waals surface area (Å²) in [6.45, 7) is 5.45. The van der Waals surface area contributed by atoms with Gasteiger partial charge in [0.25, 0.3) is 0 Å². The van der Waals surface area contributed by atoms with Crippen molar-refractivity contribution in [2.24, 2.45) is 5.92 Å². The van der Waals surface area contributed by atoms with E-state index in [9.17, 15) is 0 Å². The Kier molecular flexibility index (Phi) is 4.29. The van der Waals surface area contributed by atoms with Gasteiger partial charge in [0.2, 0.25) is 0 Å². The first-order valence-electron chi connectivity index (χ1n) is 7.54. The lowest BCUT2D eigenvalue weighted by molar-refractivity contribution is -0.103. The Morgan fingerprint density at radius 1 is 1.45 bits per heavy atom. The van der Waals surface area contributed by atoms with Gasteiger partial charge in [-0.25, -0.2) is 0 Å². The van der Waals surface area contributed by atoms with Gasteiger partial charge in [0.15, 0.2) is 0 Å². The molecule has 0 aromatic carbocycles. The number of hydrogen-bond donors (Lipinski definition) is 1. The van der Waals surface area contributed by atoms with Crippen LogP contribution in [0.1, 0.15) is 37.9 Å². The number of ether oxygens (including phenoxy) is 2. The van der Waals surface area contributed by atoms with E-state index in [0.717, 1.165) is 51.3 Å². The van der Waals surface area contributed by atoms with Crippen LogP contribution in [0.5, 0.6) is 0 Å². The minimum Gasteiger partial charge on any atom is -0.378 e.